The van der Waals surface area contributed by atoms with Gasteiger partial charge in [0.05, 0.1) is 4.90 Å². The lowest BCUT2D eigenvalue weighted by Crippen LogP contribution is -2.47. The van der Waals surface area contributed by atoms with E-state index in [1.807, 2.05) is 30.4 Å². The number of nitrogens with zero attached hydrogens (tertiary/aromatic N) is 4. The van der Waals surface area contributed by atoms with E-state index in [0.29, 0.717) is 11.5 Å². The van der Waals surface area contributed by atoms with Gasteiger partial charge in [0, 0.05) is 37.7 Å². The highest BCUT2D eigenvalue weighted by Crippen LogP contribution is 2.45. The molecule has 1 aliphatic carbocycles. The average Bonchev–Trinajstić information content (AvgIpc) is 3.29. The zero-order valence-corrected chi connectivity index (χ0v) is 16.6. The molecule has 1 atom stereocenters. The number of nitrogens with two attached hydrogens (primary N) is 1. The van der Waals surface area contributed by atoms with Crippen molar-refractivity contribution < 1.29 is 9.59 Å². The number of rotatable bonds is 4. The van der Waals surface area contributed by atoms with Crippen LogP contribution in [0.1, 0.15) is 45.4 Å². The van der Waals surface area contributed by atoms with Gasteiger partial charge in [0.25, 0.3) is 0 Å². The summed E-state index contributed by atoms with van der Waals surface area (Å²) in [7, 11) is 0. The fourth-order valence-electron chi connectivity index (χ4n) is 4.37. The Balaban J connectivity index is 0.000000659. The van der Waals surface area contributed by atoms with Crippen LogP contribution in [0.5, 0.6) is 0 Å². The number of hydrogen-bond donors (Lipinski definition) is 1. The number of aromatic nitrogens is 3. The van der Waals surface area contributed by atoms with Gasteiger partial charge in [-0.15, -0.1) is 11.8 Å². The molecule has 0 amide bonds. The lowest BCUT2D eigenvalue weighted by atomic mass is 9.74. The molecule has 8 heteroatoms. The van der Waals surface area contributed by atoms with Crippen LogP contribution < -0.4 is 10.6 Å². The smallest absolute Gasteiger partial charge is 0.342 e. The van der Waals surface area contributed by atoms with Crippen LogP contribution in [0.3, 0.4) is 0 Å². The number of carbonyl (C=O) groups excluding carboxylic acids is 2. The van der Waals surface area contributed by atoms with Crippen LogP contribution in [0.4, 0.5) is 5.95 Å². The number of anilines is 1. The Labute approximate surface area is 163 Å². The van der Waals surface area contributed by atoms with Crippen molar-refractivity contribution in [2.75, 3.05) is 23.7 Å². The molecule has 0 unspecified atom stereocenters. The molecule has 2 aliphatic rings. The molecule has 0 aromatic carbocycles. The highest BCUT2D eigenvalue weighted by Gasteiger charge is 2.43. The zero-order valence-electron chi connectivity index (χ0n) is 15.8. The first-order chi connectivity index (χ1) is 13.1. The highest BCUT2D eigenvalue weighted by atomic mass is 32.2. The van der Waals surface area contributed by atoms with Crippen molar-refractivity contribution >= 4 is 29.5 Å². The Morgan fingerprint density at radius 1 is 1.30 bits per heavy atom. The van der Waals surface area contributed by atoms with Crippen molar-refractivity contribution in [3.05, 3.63) is 18.6 Å². The Hall–Kier alpha value is -1.89. The van der Waals surface area contributed by atoms with Crippen LogP contribution in [0.25, 0.3) is 5.65 Å². The van der Waals surface area contributed by atoms with Gasteiger partial charge >= 0.3 is 6.15 Å². The second-order valence-corrected chi connectivity index (χ2v) is 8.46. The SMILES string of the molecule is CCCSc1cnc(N2CCC3(CCC[C@H]3N)CC2)n2ccnc12.O=C=O. The van der Waals surface area contributed by atoms with E-state index in [-0.39, 0.29) is 6.15 Å². The second-order valence-electron chi connectivity index (χ2n) is 7.32. The minimum Gasteiger partial charge on any atom is -0.342 e. The van der Waals surface area contributed by atoms with E-state index in [9.17, 15) is 0 Å². The van der Waals surface area contributed by atoms with E-state index in [0.717, 1.165) is 36.9 Å². The summed E-state index contributed by atoms with van der Waals surface area (Å²) in [6.45, 7) is 4.31. The topological polar surface area (TPSA) is 93.6 Å². The zero-order chi connectivity index (χ0) is 19.3. The van der Waals surface area contributed by atoms with Gasteiger partial charge in [0.1, 0.15) is 0 Å². The van der Waals surface area contributed by atoms with E-state index in [2.05, 4.69) is 21.2 Å². The summed E-state index contributed by atoms with van der Waals surface area (Å²) in [4.78, 5) is 29.2. The third kappa shape index (κ3) is 4.03. The minimum absolute atomic E-state index is 0.250. The molecule has 3 heterocycles. The third-order valence-electron chi connectivity index (χ3n) is 5.85. The van der Waals surface area contributed by atoms with Crippen molar-refractivity contribution in [1.29, 1.82) is 0 Å². The van der Waals surface area contributed by atoms with Gasteiger partial charge in [0.2, 0.25) is 5.95 Å². The lowest BCUT2D eigenvalue weighted by molar-refractivity contribution is -0.191. The maximum Gasteiger partial charge on any atom is 0.373 e. The molecule has 1 aliphatic heterocycles. The van der Waals surface area contributed by atoms with Crippen LogP contribution in [0.15, 0.2) is 23.5 Å². The number of piperidine rings is 1. The van der Waals surface area contributed by atoms with Gasteiger partial charge < -0.3 is 10.6 Å². The molecule has 1 saturated carbocycles. The highest BCUT2D eigenvalue weighted by molar-refractivity contribution is 7.99. The molecular formula is C19H27N5O2S. The van der Waals surface area contributed by atoms with Crippen molar-refractivity contribution in [1.82, 2.24) is 14.4 Å². The van der Waals surface area contributed by atoms with Crippen molar-refractivity contribution in [2.24, 2.45) is 11.1 Å². The first-order valence-corrected chi connectivity index (χ1v) is 10.6. The van der Waals surface area contributed by atoms with Crippen LogP contribution >= 0.6 is 11.8 Å². The Morgan fingerprint density at radius 3 is 2.67 bits per heavy atom. The van der Waals surface area contributed by atoms with E-state index in [1.54, 1.807) is 0 Å². The van der Waals surface area contributed by atoms with Gasteiger partial charge in [-0.3, -0.25) is 4.40 Å². The van der Waals surface area contributed by atoms with Crippen molar-refractivity contribution in [2.45, 2.75) is 56.4 Å². The summed E-state index contributed by atoms with van der Waals surface area (Å²) in [6.07, 6.45) is 13.5. The first-order valence-electron chi connectivity index (χ1n) is 9.60. The molecule has 1 spiro atoms. The molecule has 146 valence electrons. The van der Waals surface area contributed by atoms with E-state index < -0.39 is 0 Å². The molecule has 2 N–H and O–H groups in total. The predicted molar refractivity (Wildman–Crippen MR) is 105 cm³/mol. The van der Waals surface area contributed by atoms with Gasteiger partial charge in [-0.1, -0.05) is 13.3 Å². The predicted octanol–water partition coefficient (Wildman–Crippen LogP) is 2.75. The third-order valence-corrected chi connectivity index (χ3v) is 7.07. The average molecular weight is 390 g/mol. The summed E-state index contributed by atoms with van der Waals surface area (Å²) in [5.74, 6) is 2.14. The van der Waals surface area contributed by atoms with Gasteiger partial charge in [0.15, 0.2) is 5.65 Å². The summed E-state index contributed by atoms with van der Waals surface area (Å²) >= 11 is 1.84. The first kappa shape index (κ1) is 19.9. The van der Waals surface area contributed by atoms with Gasteiger partial charge in [-0.2, -0.15) is 9.59 Å². The minimum atomic E-state index is 0.250. The Morgan fingerprint density at radius 2 is 2.04 bits per heavy atom. The Kier molecular flexibility index (Phi) is 6.52. The van der Waals surface area contributed by atoms with E-state index in [1.165, 1.54) is 37.0 Å². The molecule has 1 saturated heterocycles. The van der Waals surface area contributed by atoms with E-state index in [4.69, 9.17) is 20.3 Å². The number of fused-ring (bicyclic) bond motifs is 1. The van der Waals surface area contributed by atoms with Crippen molar-refractivity contribution in [3.63, 3.8) is 0 Å². The van der Waals surface area contributed by atoms with Gasteiger partial charge in [-0.05, 0) is 43.3 Å². The molecule has 4 rings (SSSR count). The quantitative estimate of drug-likeness (QED) is 0.804. The second kappa shape index (κ2) is 8.87. The number of hydrogen-bond acceptors (Lipinski definition) is 7. The number of imidazole rings is 1. The largest absolute Gasteiger partial charge is 0.373 e. The maximum atomic E-state index is 8.12. The van der Waals surface area contributed by atoms with Crippen LogP contribution in [-0.4, -0.2) is 45.4 Å². The normalized spacial score (nSPS) is 21.1. The molecule has 2 aromatic rings. The molecule has 0 bridgehead atoms. The fraction of sp³-hybridized carbons (Fsp3) is 0.632. The van der Waals surface area contributed by atoms with Gasteiger partial charge in [-0.25, -0.2) is 9.97 Å². The molecule has 27 heavy (non-hydrogen) atoms. The van der Waals surface area contributed by atoms with Crippen LogP contribution in [-0.2, 0) is 9.59 Å². The lowest BCUT2D eigenvalue weighted by Gasteiger charge is -2.42. The summed E-state index contributed by atoms with van der Waals surface area (Å²) < 4.78 is 2.16. The molecule has 7 nitrogen and oxygen atoms in total. The molecule has 2 aromatic heterocycles. The number of thioether (sulfide) groups is 1. The van der Waals surface area contributed by atoms with Crippen molar-refractivity contribution in [3.8, 4) is 0 Å². The summed E-state index contributed by atoms with van der Waals surface area (Å²) in [5.41, 5.74) is 7.85. The molecular weight excluding hydrogens is 362 g/mol. The molecule has 2 fully saturated rings. The Bertz CT molecular complexity index is 794. The monoisotopic (exact) mass is 389 g/mol. The molecule has 0 radical (unpaired) electrons. The van der Waals surface area contributed by atoms with Crippen LogP contribution in [0.2, 0.25) is 0 Å². The summed E-state index contributed by atoms with van der Waals surface area (Å²) in [5, 5.41) is 0. The maximum absolute atomic E-state index is 8.12. The summed E-state index contributed by atoms with van der Waals surface area (Å²) in [6, 6.07) is 0.397. The fourth-order valence-corrected chi connectivity index (χ4v) is 5.20. The van der Waals surface area contributed by atoms with E-state index >= 15 is 0 Å². The van der Waals surface area contributed by atoms with Crippen LogP contribution in [0, 0.1) is 5.41 Å². The standard InChI is InChI=1S/C18H27N5S.CO2/c1-2-12-24-14-13-21-17(23-11-8-20-16(14)23)22-9-6-18(7-10-22)5-3-4-15(18)19;2-1-3/h8,11,13,15H,2-7,9-10,12,19H2,1H3;/t15-;/m1./s1.